The highest BCUT2D eigenvalue weighted by molar-refractivity contribution is 9.10. The number of carbonyl (C=O) groups is 1. The van der Waals surface area contributed by atoms with E-state index in [2.05, 4.69) is 22.0 Å². The number of hydrogen-bond donors (Lipinski definition) is 0. The maximum Gasteiger partial charge on any atom is 0.147 e. The first-order valence-electron chi connectivity index (χ1n) is 7.80. The van der Waals surface area contributed by atoms with E-state index in [0.717, 1.165) is 28.8 Å². The molecule has 21 heavy (non-hydrogen) atoms. The van der Waals surface area contributed by atoms with E-state index in [0.29, 0.717) is 23.2 Å². The number of benzene rings is 1. The Bertz CT molecular complexity index is 524. The van der Waals surface area contributed by atoms with Gasteiger partial charge in [0, 0.05) is 28.1 Å². The standard InChI is InChI=1S/C17H21BrO2S/c18-14-8-12-6-7-20-17(12)13(9-14)10-15(19)11-21-16-4-2-1-3-5-16/h8-9,16H,1-7,10-11H2. The fraction of sp³-hybridized carbons (Fsp3) is 0.588. The van der Waals surface area contributed by atoms with Crippen molar-refractivity contribution in [3.8, 4) is 5.75 Å². The molecule has 1 saturated carbocycles. The lowest BCUT2D eigenvalue weighted by atomic mass is 10.0. The average Bonchev–Trinajstić information content (AvgIpc) is 2.94. The number of ketones is 1. The van der Waals surface area contributed by atoms with Gasteiger partial charge in [-0.3, -0.25) is 4.79 Å². The number of hydrogen-bond acceptors (Lipinski definition) is 3. The number of fused-ring (bicyclic) bond motifs is 1. The second kappa shape index (κ2) is 7.19. The SMILES string of the molecule is O=C(CSC1CCCCC1)Cc1cc(Br)cc2c1OCC2. The molecule has 2 aliphatic rings. The van der Waals surface area contributed by atoms with Crippen LogP contribution in [0.15, 0.2) is 16.6 Å². The lowest BCUT2D eigenvalue weighted by Gasteiger charge is -2.20. The summed E-state index contributed by atoms with van der Waals surface area (Å²) >= 11 is 5.40. The summed E-state index contributed by atoms with van der Waals surface area (Å²) in [6.45, 7) is 0.740. The fourth-order valence-electron chi connectivity index (χ4n) is 3.18. The summed E-state index contributed by atoms with van der Waals surface area (Å²) in [4.78, 5) is 12.3. The molecule has 0 aromatic heterocycles. The number of rotatable bonds is 5. The van der Waals surface area contributed by atoms with Gasteiger partial charge in [-0.2, -0.15) is 11.8 Å². The average molecular weight is 369 g/mol. The molecule has 1 aromatic rings. The molecule has 1 aromatic carbocycles. The van der Waals surface area contributed by atoms with Crippen LogP contribution in [-0.4, -0.2) is 23.4 Å². The number of halogens is 1. The van der Waals surface area contributed by atoms with E-state index in [1.54, 1.807) is 0 Å². The van der Waals surface area contributed by atoms with Crippen molar-refractivity contribution in [2.24, 2.45) is 0 Å². The molecule has 0 radical (unpaired) electrons. The van der Waals surface area contributed by atoms with E-state index < -0.39 is 0 Å². The highest BCUT2D eigenvalue weighted by Crippen LogP contribution is 2.34. The van der Waals surface area contributed by atoms with Gasteiger partial charge in [-0.25, -0.2) is 0 Å². The molecule has 114 valence electrons. The molecule has 1 heterocycles. The lowest BCUT2D eigenvalue weighted by molar-refractivity contribution is -0.116. The summed E-state index contributed by atoms with van der Waals surface area (Å²) in [6, 6.07) is 4.14. The molecule has 1 fully saturated rings. The third-order valence-electron chi connectivity index (χ3n) is 4.25. The van der Waals surface area contributed by atoms with Crippen molar-refractivity contribution in [2.75, 3.05) is 12.4 Å². The molecule has 0 amide bonds. The summed E-state index contributed by atoms with van der Waals surface area (Å²) in [5.41, 5.74) is 2.28. The predicted octanol–water partition coefficient (Wildman–Crippen LogP) is 4.56. The lowest BCUT2D eigenvalue weighted by Crippen LogP contribution is -2.13. The molecule has 0 spiro atoms. The van der Waals surface area contributed by atoms with Crippen molar-refractivity contribution in [2.45, 2.75) is 50.2 Å². The van der Waals surface area contributed by atoms with Crippen LogP contribution in [0.25, 0.3) is 0 Å². The van der Waals surface area contributed by atoms with Gasteiger partial charge in [0.1, 0.15) is 11.5 Å². The smallest absolute Gasteiger partial charge is 0.147 e. The number of thioether (sulfide) groups is 1. The van der Waals surface area contributed by atoms with Crippen molar-refractivity contribution >= 4 is 33.5 Å². The largest absolute Gasteiger partial charge is 0.493 e. The minimum atomic E-state index is 0.321. The Balaban J connectivity index is 1.57. The minimum Gasteiger partial charge on any atom is -0.493 e. The number of ether oxygens (including phenoxy) is 1. The summed E-state index contributed by atoms with van der Waals surface area (Å²) < 4.78 is 6.75. The highest BCUT2D eigenvalue weighted by Gasteiger charge is 2.20. The molecule has 1 aliphatic heterocycles. The second-order valence-electron chi connectivity index (χ2n) is 5.94. The van der Waals surface area contributed by atoms with Crippen molar-refractivity contribution in [1.29, 1.82) is 0 Å². The van der Waals surface area contributed by atoms with Crippen LogP contribution >= 0.6 is 27.7 Å². The van der Waals surface area contributed by atoms with Crippen LogP contribution in [0.2, 0.25) is 0 Å². The zero-order valence-electron chi connectivity index (χ0n) is 12.2. The van der Waals surface area contributed by atoms with Crippen LogP contribution in [0.3, 0.4) is 0 Å². The van der Waals surface area contributed by atoms with Gasteiger partial charge < -0.3 is 4.74 Å². The zero-order valence-corrected chi connectivity index (χ0v) is 14.6. The molecule has 0 bridgehead atoms. The van der Waals surface area contributed by atoms with Crippen LogP contribution in [0.5, 0.6) is 5.75 Å². The maximum atomic E-state index is 12.3. The molecule has 0 saturated heterocycles. The Morgan fingerprint density at radius 2 is 2.10 bits per heavy atom. The molecule has 1 aliphatic carbocycles. The summed E-state index contributed by atoms with van der Waals surface area (Å²) in [5.74, 6) is 1.92. The third-order valence-corrected chi connectivity index (χ3v) is 6.13. The van der Waals surface area contributed by atoms with Gasteiger partial charge in [0.15, 0.2) is 0 Å². The van der Waals surface area contributed by atoms with E-state index in [1.165, 1.54) is 37.7 Å². The van der Waals surface area contributed by atoms with Gasteiger partial charge >= 0.3 is 0 Å². The van der Waals surface area contributed by atoms with Crippen LogP contribution < -0.4 is 4.74 Å². The van der Waals surface area contributed by atoms with E-state index in [1.807, 2.05) is 17.8 Å². The molecule has 4 heteroatoms. The molecular weight excluding hydrogens is 348 g/mol. The Kier molecular flexibility index (Phi) is 5.28. The first-order valence-corrected chi connectivity index (χ1v) is 9.64. The minimum absolute atomic E-state index is 0.321. The Labute approximate surface area is 139 Å². The van der Waals surface area contributed by atoms with Gasteiger partial charge in [-0.05, 0) is 30.5 Å². The molecule has 3 rings (SSSR count). The van der Waals surface area contributed by atoms with Crippen molar-refractivity contribution in [3.05, 3.63) is 27.7 Å². The van der Waals surface area contributed by atoms with Crippen molar-refractivity contribution in [3.63, 3.8) is 0 Å². The summed E-state index contributed by atoms with van der Waals surface area (Å²) in [7, 11) is 0. The van der Waals surface area contributed by atoms with Gasteiger partial charge in [-0.1, -0.05) is 35.2 Å². The Morgan fingerprint density at radius 1 is 1.29 bits per heavy atom. The number of carbonyl (C=O) groups excluding carboxylic acids is 1. The first kappa shape index (κ1) is 15.4. The maximum absolute atomic E-state index is 12.3. The quantitative estimate of drug-likeness (QED) is 0.761. The molecule has 2 nitrogen and oxygen atoms in total. The van der Waals surface area contributed by atoms with E-state index >= 15 is 0 Å². The van der Waals surface area contributed by atoms with E-state index in [-0.39, 0.29) is 0 Å². The van der Waals surface area contributed by atoms with Crippen LogP contribution in [0, 0.1) is 0 Å². The molecule has 0 atom stereocenters. The first-order chi connectivity index (χ1) is 10.2. The summed E-state index contributed by atoms with van der Waals surface area (Å²) in [6.07, 6.45) is 8.05. The van der Waals surface area contributed by atoms with Crippen LogP contribution in [0.4, 0.5) is 0 Å². The second-order valence-corrected chi connectivity index (χ2v) is 8.14. The van der Waals surface area contributed by atoms with Gasteiger partial charge in [0.05, 0.1) is 12.4 Å². The topological polar surface area (TPSA) is 26.3 Å². The third kappa shape index (κ3) is 4.04. The molecular formula is C17H21BrO2S. The molecule has 0 unspecified atom stereocenters. The molecule has 0 N–H and O–H groups in total. The van der Waals surface area contributed by atoms with Gasteiger partial charge in [-0.15, -0.1) is 0 Å². The summed E-state index contributed by atoms with van der Waals surface area (Å²) in [5, 5.41) is 0.701. The fourth-order valence-corrected chi connectivity index (χ4v) is 4.93. The van der Waals surface area contributed by atoms with Gasteiger partial charge in [0.2, 0.25) is 0 Å². The Morgan fingerprint density at radius 3 is 2.90 bits per heavy atom. The Hall–Kier alpha value is -0.480. The van der Waals surface area contributed by atoms with E-state index in [9.17, 15) is 4.79 Å². The number of Topliss-reactive ketones (excluding diaryl/α,β-unsaturated/α-hetero) is 1. The predicted molar refractivity (Wildman–Crippen MR) is 91.4 cm³/mol. The van der Waals surface area contributed by atoms with Crippen LogP contribution in [-0.2, 0) is 17.6 Å². The van der Waals surface area contributed by atoms with Crippen LogP contribution in [0.1, 0.15) is 43.2 Å². The zero-order chi connectivity index (χ0) is 14.7. The van der Waals surface area contributed by atoms with Gasteiger partial charge in [0.25, 0.3) is 0 Å². The van der Waals surface area contributed by atoms with E-state index in [4.69, 9.17) is 4.74 Å². The highest BCUT2D eigenvalue weighted by atomic mass is 79.9. The normalized spacial score (nSPS) is 18.3. The van der Waals surface area contributed by atoms with Crippen molar-refractivity contribution in [1.82, 2.24) is 0 Å². The monoisotopic (exact) mass is 368 g/mol. The van der Waals surface area contributed by atoms with Crippen molar-refractivity contribution < 1.29 is 9.53 Å².